The number of benzene rings is 2. The van der Waals surface area contributed by atoms with Gasteiger partial charge in [0.25, 0.3) is 10.0 Å². The summed E-state index contributed by atoms with van der Waals surface area (Å²) in [6.45, 7) is 3.63. The first-order chi connectivity index (χ1) is 11.4. The molecule has 0 unspecified atom stereocenters. The van der Waals surface area contributed by atoms with E-state index in [-0.39, 0.29) is 4.90 Å². The van der Waals surface area contributed by atoms with Crippen molar-refractivity contribution in [2.45, 2.75) is 30.0 Å². The van der Waals surface area contributed by atoms with Crippen molar-refractivity contribution >= 4 is 21.0 Å². The van der Waals surface area contributed by atoms with Crippen LogP contribution in [0.1, 0.15) is 23.3 Å². The Labute approximate surface area is 145 Å². The SMILES string of the molecule is Cc1ccc(S(=O)(=O)N2[C@@H](C)C=C[C@@H](c3ccccc3)[S@]2=O)cc1. The normalized spacial score (nSPS) is 24.8. The van der Waals surface area contributed by atoms with Gasteiger partial charge in [0.1, 0.15) is 11.0 Å². The number of rotatable bonds is 3. The minimum atomic E-state index is -3.84. The second-order valence-corrected chi connectivity index (χ2v) is 9.31. The molecule has 2 aromatic carbocycles. The van der Waals surface area contributed by atoms with Crippen LogP contribution >= 0.6 is 0 Å². The molecule has 3 atom stereocenters. The van der Waals surface area contributed by atoms with E-state index in [1.807, 2.05) is 43.3 Å². The van der Waals surface area contributed by atoms with E-state index in [2.05, 4.69) is 0 Å². The lowest BCUT2D eigenvalue weighted by Crippen LogP contribution is -2.42. The summed E-state index contributed by atoms with van der Waals surface area (Å²) in [4.78, 5) is 0.162. The topological polar surface area (TPSA) is 54.5 Å². The van der Waals surface area contributed by atoms with E-state index < -0.39 is 32.3 Å². The summed E-state index contributed by atoms with van der Waals surface area (Å²) >= 11 is 0. The van der Waals surface area contributed by atoms with Gasteiger partial charge in [0.05, 0.1) is 16.2 Å². The van der Waals surface area contributed by atoms with Gasteiger partial charge in [0.15, 0.2) is 0 Å². The Balaban J connectivity index is 2.02. The Kier molecular flexibility index (Phi) is 4.71. The van der Waals surface area contributed by atoms with Crippen LogP contribution in [0.4, 0.5) is 0 Å². The van der Waals surface area contributed by atoms with Crippen LogP contribution in [0.2, 0.25) is 0 Å². The highest BCUT2D eigenvalue weighted by Gasteiger charge is 2.39. The van der Waals surface area contributed by atoms with Gasteiger partial charge in [0.2, 0.25) is 0 Å². The van der Waals surface area contributed by atoms with Gasteiger partial charge < -0.3 is 0 Å². The van der Waals surface area contributed by atoms with Crippen molar-refractivity contribution in [3.8, 4) is 0 Å². The highest BCUT2D eigenvalue weighted by atomic mass is 32.3. The molecule has 0 N–H and O–H groups in total. The van der Waals surface area contributed by atoms with E-state index in [0.29, 0.717) is 0 Å². The molecule has 0 spiro atoms. The molecule has 0 radical (unpaired) electrons. The van der Waals surface area contributed by atoms with E-state index in [9.17, 15) is 12.6 Å². The van der Waals surface area contributed by atoms with E-state index >= 15 is 0 Å². The fraction of sp³-hybridized carbons (Fsp3) is 0.222. The molecule has 0 saturated heterocycles. The van der Waals surface area contributed by atoms with E-state index in [1.165, 1.54) is 0 Å². The molecule has 126 valence electrons. The van der Waals surface area contributed by atoms with Gasteiger partial charge in [0, 0.05) is 0 Å². The predicted molar refractivity (Wildman–Crippen MR) is 96.1 cm³/mol. The van der Waals surface area contributed by atoms with Crippen LogP contribution in [0.25, 0.3) is 0 Å². The number of sulfonamides is 1. The third-order valence-electron chi connectivity index (χ3n) is 3.98. The summed E-state index contributed by atoms with van der Waals surface area (Å²) in [6.07, 6.45) is 3.63. The Morgan fingerprint density at radius 2 is 1.58 bits per heavy atom. The van der Waals surface area contributed by atoms with E-state index in [0.717, 1.165) is 14.8 Å². The molecular weight excluding hydrogens is 342 g/mol. The molecule has 0 saturated carbocycles. The van der Waals surface area contributed by atoms with Gasteiger partial charge in [-0.1, -0.05) is 60.2 Å². The summed E-state index contributed by atoms with van der Waals surface area (Å²) in [5.41, 5.74) is 1.81. The number of aryl methyl sites for hydroxylation is 1. The Bertz CT molecular complexity index is 874. The van der Waals surface area contributed by atoms with Crippen LogP contribution < -0.4 is 0 Å². The second-order valence-electron chi connectivity index (χ2n) is 5.81. The molecule has 2 aromatic rings. The van der Waals surface area contributed by atoms with Gasteiger partial charge in [-0.25, -0.2) is 12.6 Å². The maximum Gasteiger partial charge on any atom is 0.254 e. The molecule has 0 aliphatic carbocycles. The van der Waals surface area contributed by atoms with E-state index in [4.69, 9.17) is 0 Å². The van der Waals surface area contributed by atoms with Crippen molar-refractivity contribution in [1.29, 1.82) is 0 Å². The Morgan fingerprint density at radius 1 is 0.958 bits per heavy atom. The zero-order valence-electron chi connectivity index (χ0n) is 13.5. The Morgan fingerprint density at radius 3 is 2.21 bits per heavy atom. The molecule has 6 heteroatoms. The van der Waals surface area contributed by atoms with Crippen LogP contribution in [-0.4, -0.2) is 22.4 Å². The zero-order chi connectivity index (χ0) is 17.3. The van der Waals surface area contributed by atoms with Crippen molar-refractivity contribution in [2.75, 3.05) is 0 Å². The van der Waals surface area contributed by atoms with Crippen molar-refractivity contribution in [2.24, 2.45) is 0 Å². The van der Waals surface area contributed by atoms with Crippen LogP contribution in [0, 0.1) is 6.92 Å². The average Bonchev–Trinajstić information content (AvgIpc) is 2.56. The molecule has 0 amide bonds. The first-order valence-corrected chi connectivity index (χ1v) is 10.3. The lowest BCUT2D eigenvalue weighted by atomic mass is 10.1. The number of hydrogen-bond donors (Lipinski definition) is 0. The molecule has 24 heavy (non-hydrogen) atoms. The van der Waals surface area contributed by atoms with E-state index in [1.54, 1.807) is 37.3 Å². The maximum absolute atomic E-state index is 13.0. The molecule has 1 aliphatic rings. The van der Waals surface area contributed by atoms with Gasteiger partial charge in [-0.15, -0.1) is 3.71 Å². The summed E-state index contributed by atoms with van der Waals surface area (Å²) in [6, 6.07) is 15.5. The number of hydrogen-bond acceptors (Lipinski definition) is 3. The van der Waals surface area contributed by atoms with Crippen LogP contribution in [0.3, 0.4) is 0 Å². The van der Waals surface area contributed by atoms with Gasteiger partial charge in [-0.2, -0.15) is 0 Å². The number of nitrogens with zero attached hydrogens (tertiary/aromatic N) is 1. The summed E-state index contributed by atoms with van der Waals surface area (Å²) < 4.78 is 40.1. The average molecular weight is 361 g/mol. The molecule has 1 heterocycles. The van der Waals surface area contributed by atoms with Crippen molar-refractivity contribution in [1.82, 2.24) is 3.71 Å². The van der Waals surface area contributed by atoms with Crippen molar-refractivity contribution in [3.63, 3.8) is 0 Å². The smallest absolute Gasteiger partial charge is 0.241 e. The van der Waals surface area contributed by atoms with Crippen LogP contribution in [0.5, 0.6) is 0 Å². The minimum absolute atomic E-state index is 0.162. The molecule has 3 rings (SSSR count). The molecule has 0 fully saturated rings. The van der Waals surface area contributed by atoms with Crippen molar-refractivity contribution < 1.29 is 12.6 Å². The quantitative estimate of drug-likeness (QED) is 0.788. The molecule has 4 nitrogen and oxygen atoms in total. The molecular formula is C18H19NO3S2. The predicted octanol–water partition coefficient (Wildman–Crippen LogP) is 3.35. The lowest BCUT2D eigenvalue weighted by molar-refractivity contribution is 0.498. The minimum Gasteiger partial charge on any atom is -0.241 e. The van der Waals surface area contributed by atoms with Gasteiger partial charge in [-0.05, 0) is 31.5 Å². The second kappa shape index (κ2) is 6.63. The highest BCUT2D eigenvalue weighted by molar-refractivity contribution is 8.01. The highest BCUT2D eigenvalue weighted by Crippen LogP contribution is 2.33. The van der Waals surface area contributed by atoms with Crippen LogP contribution in [0.15, 0.2) is 71.6 Å². The Hall–Kier alpha value is -1.76. The molecule has 0 aromatic heterocycles. The fourth-order valence-corrected chi connectivity index (χ4v) is 6.42. The monoisotopic (exact) mass is 361 g/mol. The molecule has 1 aliphatic heterocycles. The van der Waals surface area contributed by atoms with Crippen LogP contribution in [-0.2, 0) is 21.0 Å². The first-order valence-electron chi connectivity index (χ1n) is 7.66. The summed E-state index contributed by atoms with van der Waals surface area (Å²) in [5.74, 6) is 0. The third kappa shape index (κ3) is 3.09. The maximum atomic E-state index is 13.0. The summed E-state index contributed by atoms with van der Waals surface area (Å²) in [5, 5.41) is -0.470. The lowest BCUT2D eigenvalue weighted by Gasteiger charge is -2.32. The zero-order valence-corrected chi connectivity index (χ0v) is 15.1. The van der Waals surface area contributed by atoms with Gasteiger partial charge in [-0.3, -0.25) is 0 Å². The van der Waals surface area contributed by atoms with Crippen molar-refractivity contribution in [3.05, 3.63) is 77.9 Å². The first kappa shape index (κ1) is 17.1. The largest absolute Gasteiger partial charge is 0.254 e. The third-order valence-corrected chi connectivity index (χ3v) is 8.23. The molecule has 0 bridgehead atoms. The standard InChI is InChI=1S/C18H19NO3S2/c1-14-8-11-17(12-9-14)24(21,22)19-15(2)10-13-18(23(19)20)16-6-4-3-5-7-16/h3-13,15,18H,1-2H3/t15-,18-,23+/m0/s1. The summed E-state index contributed by atoms with van der Waals surface area (Å²) in [7, 11) is -5.55. The fourth-order valence-electron chi connectivity index (χ4n) is 2.67. The van der Waals surface area contributed by atoms with Gasteiger partial charge >= 0.3 is 0 Å².